The average molecular weight is 335 g/mol. The van der Waals surface area contributed by atoms with E-state index in [-0.39, 0.29) is 5.82 Å². The van der Waals surface area contributed by atoms with Gasteiger partial charge in [0.2, 0.25) is 0 Å². The fourth-order valence-electron chi connectivity index (χ4n) is 1.84. The maximum atomic E-state index is 11.5. The van der Waals surface area contributed by atoms with Gasteiger partial charge in [-0.15, -0.1) is 0 Å². The number of aromatic nitrogens is 2. The maximum Gasteiger partial charge on any atom is 0.316 e. The van der Waals surface area contributed by atoms with Crippen molar-refractivity contribution in [1.29, 1.82) is 0 Å². The molecule has 0 spiro atoms. The highest BCUT2D eigenvalue weighted by Gasteiger charge is 2.30. The van der Waals surface area contributed by atoms with E-state index >= 15 is 0 Å². The molecule has 0 aliphatic heterocycles. The van der Waals surface area contributed by atoms with Crippen LogP contribution >= 0.6 is 0 Å². The number of nitrogens with one attached hydrogen (secondary N) is 1. The summed E-state index contributed by atoms with van der Waals surface area (Å²) in [6, 6.07) is 7.47. The van der Waals surface area contributed by atoms with E-state index in [2.05, 4.69) is 15.3 Å². The van der Waals surface area contributed by atoms with Crippen LogP contribution in [0.3, 0.4) is 0 Å². The molecule has 1 unspecified atom stereocenters. The maximum absolute atomic E-state index is 11.5. The summed E-state index contributed by atoms with van der Waals surface area (Å²) >= 11 is -2.12. The van der Waals surface area contributed by atoms with E-state index in [4.69, 9.17) is 11.5 Å². The minimum Gasteiger partial charge on any atom is -0.384 e. The van der Waals surface area contributed by atoms with Gasteiger partial charge < -0.3 is 21.3 Å². The third-order valence-electron chi connectivity index (χ3n) is 3.21. The number of hydrogen-bond donors (Lipinski definition) is 4. The van der Waals surface area contributed by atoms with Gasteiger partial charge in [0.15, 0.2) is 16.9 Å². The van der Waals surface area contributed by atoms with Crippen LogP contribution in [0.1, 0.15) is 19.5 Å². The number of carbonyl (C=O) groups is 1. The molecule has 0 aliphatic rings. The van der Waals surface area contributed by atoms with Gasteiger partial charge in [-0.3, -0.25) is 0 Å². The SMILES string of the molecule is CC(C)(c1cc(N)nc(-c2ccc(NC(N)=O)cc2)n1)S(=O)O. The number of nitrogen functional groups attached to an aromatic ring is 1. The lowest BCUT2D eigenvalue weighted by atomic mass is 10.1. The Balaban J connectivity index is 2.42. The van der Waals surface area contributed by atoms with Crippen molar-refractivity contribution >= 4 is 28.6 Å². The van der Waals surface area contributed by atoms with Crippen LogP contribution in [0.5, 0.6) is 0 Å². The zero-order valence-electron chi connectivity index (χ0n) is 12.6. The average Bonchev–Trinajstić information content (AvgIpc) is 2.46. The summed E-state index contributed by atoms with van der Waals surface area (Å²) in [4.78, 5) is 19.3. The molecule has 9 heteroatoms. The number of urea groups is 1. The third-order valence-corrected chi connectivity index (χ3v) is 4.29. The molecule has 1 aromatic heterocycles. The largest absolute Gasteiger partial charge is 0.384 e. The Morgan fingerprint density at radius 1 is 1.26 bits per heavy atom. The lowest BCUT2D eigenvalue weighted by molar-refractivity contribution is 0.259. The van der Waals surface area contributed by atoms with Crippen molar-refractivity contribution < 1.29 is 13.6 Å². The van der Waals surface area contributed by atoms with Crippen LogP contribution in [-0.4, -0.2) is 24.8 Å². The second kappa shape index (κ2) is 6.31. The molecule has 122 valence electrons. The van der Waals surface area contributed by atoms with E-state index in [0.717, 1.165) is 0 Å². The van der Waals surface area contributed by atoms with Gasteiger partial charge in [-0.2, -0.15) is 0 Å². The van der Waals surface area contributed by atoms with Crippen molar-refractivity contribution in [3.05, 3.63) is 36.0 Å². The molecule has 0 radical (unpaired) electrons. The molecule has 1 atom stereocenters. The second-order valence-corrected chi connectivity index (χ2v) is 6.85. The molecule has 8 nitrogen and oxygen atoms in total. The molecule has 0 bridgehead atoms. The summed E-state index contributed by atoms with van der Waals surface area (Å²) in [6.45, 7) is 3.18. The van der Waals surface area contributed by atoms with Gasteiger partial charge in [-0.25, -0.2) is 19.0 Å². The van der Waals surface area contributed by atoms with E-state index in [1.807, 2.05) is 0 Å². The van der Waals surface area contributed by atoms with Gasteiger partial charge in [0.1, 0.15) is 10.6 Å². The van der Waals surface area contributed by atoms with Crippen molar-refractivity contribution in [3.63, 3.8) is 0 Å². The molecule has 6 N–H and O–H groups in total. The summed E-state index contributed by atoms with van der Waals surface area (Å²) < 4.78 is 19.8. The number of nitrogens with zero attached hydrogens (tertiary/aromatic N) is 2. The number of benzene rings is 1. The van der Waals surface area contributed by atoms with Gasteiger partial charge in [0.05, 0.1) is 5.69 Å². The van der Waals surface area contributed by atoms with Crippen LogP contribution in [0.2, 0.25) is 0 Å². The van der Waals surface area contributed by atoms with Crippen LogP contribution in [0.25, 0.3) is 11.4 Å². The highest BCUT2D eigenvalue weighted by molar-refractivity contribution is 7.80. The summed E-state index contributed by atoms with van der Waals surface area (Å²) in [5.74, 6) is 0.520. The van der Waals surface area contributed by atoms with Gasteiger partial charge in [-0.05, 0) is 38.1 Å². The predicted molar refractivity (Wildman–Crippen MR) is 88.9 cm³/mol. The number of hydrogen-bond acceptors (Lipinski definition) is 5. The summed E-state index contributed by atoms with van der Waals surface area (Å²) in [6.07, 6.45) is 0. The van der Waals surface area contributed by atoms with Crippen LogP contribution in [0, 0.1) is 0 Å². The number of anilines is 2. The van der Waals surface area contributed by atoms with E-state index in [0.29, 0.717) is 22.8 Å². The summed E-state index contributed by atoms with van der Waals surface area (Å²) in [7, 11) is 0. The molecular formula is C14H17N5O3S. The van der Waals surface area contributed by atoms with E-state index in [1.54, 1.807) is 38.1 Å². The van der Waals surface area contributed by atoms with Gasteiger partial charge >= 0.3 is 6.03 Å². The molecular weight excluding hydrogens is 318 g/mol. The number of carbonyl (C=O) groups excluding carboxylic acids is 1. The van der Waals surface area contributed by atoms with E-state index in [9.17, 15) is 13.6 Å². The van der Waals surface area contributed by atoms with Crippen molar-refractivity contribution in [2.75, 3.05) is 11.1 Å². The predicted octanol–water partition coefficient (Wildman–Crippen LogP) is 1.67. The van der Waals surface area contributed by atoms with Crippen molar-refractivity contribution in [1.82, 2.24) is 9.97 Å². The monoisotopic (exact) mass is 335 g/mol. The second-order valence-electron chi connectivity index (χ2n) is 5.33. The normalized spacial score (nSPS) is 12.7. The van der Waals surface area contributed by atoms with Crippen molar-refractivity contribution in [2.24, 2.45) is 5.73 Å². The Hall–Kier alpha value is -2.52. The molecule has 0 aliphatic carbocycles. The number of amides is 2. The van der Waals surface area contributed by atoms with Gasteiger partial charge in [0.25, 0.3) is 0 Å². The number of primary amides is 1. The van der Waals surface area contributed by atoms with Gasteiger partial charge in [0, 0.05) is 17.3 Å². The minimum atomic E-state index is -2.12. The molecule has 1 heterocycles. The Morgan fingerprint density at radius 3 is 2.39 bits per heavy atom. The summed E-state index contributed by atoms with van der Waals surface area (Å²) in [5.41, 5.74) is 12.4. The smallest absolute Gasteiger partial charge is 0.316 e. The Bertz CT molecular complexity index is 762. The van der Waals surface area contributed by atoms with Crippen LogP contribution in [-0.2, 0) is 15.8 Å². The first-order valence-electron chi connectivity index (χ1n) is 6.63. The summed E-state index contributed by atoms with van der Waals surface area (Å²) in [5, 5.41) is 2.45. The molecule has 0 saturated carbocycles. The highest BCUT2D eigenvalue weighted by Crippen LogP contribution is 2.28. The van der Waals surface area contributed by atoms with E-state index in [1.165, 1.54) is 6.07 Å². The Morgan fingerprint density at radius 2 is 1.87 bits per heavy atom. The first kappa shape index (κ1) is 16.8. The van der Waals surface area contributed by atoms with E-state index < -0.39 is 21.9 Å². The van der Waals surface area contributed by atoms with Crippen molar-refractivity contribution in [3.8, 4) is 11.4 Å². The van der Waals surface area contributed by atoms with Crippen LogP contribution < -0.4 is 16.8 Å². The number of rotatable bonds is 4. The molecule has 2 aromatic rings. The first-order valence-corrected chi connectivity index (χ1v) is 7.73. The Labute approximate surface area is 135 Å². The fraction of sp³-hybridized carbons (Fsp3) is 0.214. The first-order chi connectivity index (χ1) is 10.7. The van der Waals surface area contributed by atoms with Gasteiger partial charge in [-0.1, -0.05) is 0 Å². The third kappa shape index (κ3) is 3.82. The topological polar surface area (TPSA) is 144 Å². The lowest BCUT2D eigenvalue weighted by Crippen LogP contribution is -2.25. The highest BCUT2D eigenvalue weighted by atomic mass is 32.2. The quantitative estimate of drug-likeness (QED) is 0.626. The lowest BCUT2D eigenvalue weighted by Gasteiger charge is -2.20. The molecule has 2 amide bonds. The molecule has 23 heavy (non-hydrogen) atoms. The standard InChI is InChI=1S/C14H17N5O3S/c1-14(2,23(21)22)10-7-11(15)19-12(18-10)8-3-5-9(6-4-8)17-13(16)20/h3-7H,1-2H3,(H,21,22)(H2,15,18,19)(H3,16,17,20). The zero-order valence-corrected chi connectivity index (χ0v) is 13.4. The van der Waals surface area contributed by atoms with Crippen molar-refractivity contribution in [2.45, 2.75) is 18.6 Å². The zero-order chi connectivity index (χ0) is 17.2. The fourth-order valence-corrected chi connectivity index (χ4v) is 2.12. The number of nitrogens with two attached hydrogens (primary N) is 2. The molecule has 1 aromatic carbocycles. The minimum absolute atomic E-state index is 0.197. The molecule has 0 saturated heterocycles. The Kier molecular flexibility index (Phi) is 4.62. The molecule has 0 fully saturated rings. The van der Waals surface area contributed by atoms with Crippen LogP contribution in [0.4, 0.5) is 16.3 Å². The van der Waals surface area contributed by atoms with Crippen LogP contribution in [0.15, 0.2) is 30.3 Å². The molecule has 2 rings (SSSR count).